The van der Waals surface area contributed by atoms with Crippen LogP contribution in [0.25, 0.3) is 0 Å². The van der Waals surface area contributed by atoms with E-state index in [-0.39, 0.29) is 30.4 Å². The van der Waals surface area contributed by atoms with Crippen LogP contribution < -0.4 is 5.73 Å². The number of alkyl halides is 1. The molecule has 0 spiro atoms. The fourth-order valence-corrected chi connectivity index (χ4v) is 5.09. The molecule has 1 aromatic rings. The molecule has 3 aliphatic heterocycles. The number of carbonyl (C=O) groups is 2. The number of carbonyl (C=O) groups excluding carboxylic acids is 2. The predicted molar refractivity (Wildman–Crippen MR) is 113 cm³/mol. The molecule has 3 heterocycles. The number of allylic oxidation sites excluding steroid dienone is 2. The lowest BCUT2D eigenvalue weighted by Crippen LogP contribution is -2.66. The summed E-state index contributed by atoms with van der Waals surface area (Å²) in [6.45, 7) is 4.16. The summed E-state index contributed by atoms with van der Waals surface area (Å²) >= 11 is 0. The van der Waals surface area contributed by atoms with Crippen molar-refractivity contribution >= 4 is 12.1 Å². The van der Waals surface area contributed by atoms with Crippen molar-refractivity contribution in [1.29, 1.82) is 0 Å². The molecule has 0 aromatic heterocycles. The fraction of sp³-hybridized carbons (Fsp3) is 0.500. The number of fused-ring (bicyclic) bond motifs is 3. The normalized spacial score (nSPS) is 32.2. The second kappa shape index (κ2) is 9.02. The molecular formula is C24H29F2N2O4+. The number of hydrogen-bond donors (Lipinski definition) is 1. The van der Waals surface area contributed by atoms with E-state index in [0.717, 1.165) is 25.9 Å². The first-order valence-electron chi connectivity index (χ1n) is 11.0. The molecule has 2 N–H and O–H groups in total. The molecule has 1 aromatic carbocycles. The van der Waals surface area contributed by atoms with Gasteiger partial charge in [-0.25, -0.2) is 13.6 Å². The Hall–Kier alpha value is -2.74. The van der Waals surface area contributed by atoms with Gasteiger partial charge in [0.25, 0.3) is 5.91 Å². The van der Waals surface area contributed by atoms with Gasteiger partial charge in [-0.05, 0) is 23.8 Å². The quantitative estimate of drug-likeness (QED) is 0.534. The minimum atomic E-state index is -1.23. The summed E-state index contributed by atoms with van der Waals surface area (Å²) in [6.07, 6.45) is 2.98. The Kier molecular flexibility index (Phi) is 6.33. The SMILES string of the molecule is CC1C=CC(C(OC(=O)O[C@H]2C[N+]3(CC(N)=O)CCC2CC3)c2cccc(F)c2)=CC1F. The van der Waals surface area contributed by atoms with Crippen molar-refractivity contribution < 1.29 is 32.3 Å². The maximum Gasteiger partial charge on any atom is 0.509 e. The maximum absolute atomic E-state index is 14.3. The number of quaternary nitrogens is 1. The van der Waals surface area contributed by atoms with Crippen molar-refractivity contribution in [2.24, 2.45) is 17.6 Å². The largest absolute Gasteiger partial charge is 0.509 e. The third-order valence-corrected chi connectivity index (χ3v) is 6.89. The van der Waals surface area contributed by atoms with Crippen LogP contribution in [0.5, 0.6) is 0 Å². The molecule has 6 nitrogen and oxygen atoms in total. The third-order valence-electron chi connectivity index (χ3n) is 6.89. The summed E-state index contributed by atoms with van der Waals surface area (Å²) in [5.74, 6) is -0.946. The van der Waals surface area contributed by atoms with Crippen LogP contribution in [0.4, 0.5) is 13.6 Å². The zero-order valence-electron chi connectivity index (χ0n) is 18.1. The van der Waals surface area contributed by atoms with Crippen LogP contribution in [0.2, 0.25) is 0 Å². The Bertz CT molecular complexity index is 940. The number of hydrogen-bond acceptors (Lipinski definition) is 4. The van der Waals surface area contributed by atoms with E-state index in [1.165, 1.54) is 24.3 Å². The van der Waals surface area contributed by atoms with Gasteiger partial charge in [0.05, 0.1) is 13.1 Å². The summed E-state index contributed by atoms with van der Waals surface area (Å²) < 4.78 is 40.0. The number of halogens is 2. The average Bonchev–Trinajstić information content (AvgIpc) is 2.74. The Morgan fingerprint density at radius 3 is 2.69 bits per heavy atom. The van der Waals surface area contributed by atoms with Gasteiger partial charge in [-0.1, -0.05) is 31.2 Å². The van der Waals surface area contributed by atoms with E-state index in [2.05, 4.69) is 0 Å². The number of nitrogens with two attached hydrogens (primary N) is 1. The van der Waals surface area contributed by atoms with E-state index in [1.807, 2.05) is 0 Å². The summed E-state index contributed by atoms with van der Waals surface area (Å²) in [7, 11) is 0. The molecular weight excluding hydrogens is 418 g/mol. The van der Waals surface area contributed by atoms with E-state index in [9.17, 15) is 18.4 Å². The number of ether oxygens (including phenoxy) is 2. The van der Waals surface area contributed by atoms with Gasteiger partial charge in [0.15, 0.2) is 18.8 Å². The first kappa shape index (κ1) is 22.5. The molecule has 32 heavy (non-hydrogen) atoms. The van der Waals surface area contributed by atoms with Gasteiger partial charge in [-0.2, -0.15) is 0 Å². The molecule has 0 radical (unpaired) electrons. The first-order chi connectivity index (χ1) is 15.2. The number of piperidine rings is 3. The summed E-state index contributed by atoms with van der Waals surface area (Å²) in [4.78, 5) is 24.3. The second-order valence-corrected chi connectivity index (χ2v) is 9.22. The van der Waals surface area contributed by atoms with E-state index < -0.39 is 24.2 Å². The Labute approximate surface area is 186 Å². The number of primary amides is 1. The van der Waals surface area contributed by atoms with Crippen molar-refractivity contribution in [2.75, 3.05) is 26.2 Å². The molecule has 3 saturated heterocycles. The van der Waals surface area contributed by atoms with Crippen molar-refractivity contribution in [3.8, 4) is 0 Å². The zero-order chi connectivity index (χ0) is 22.9. The highest BCUT2D eigenvalue weighted by Gasteiger charge is 2.48. The van der Waals surface area contributed by atoms with Gasteiger partial charge in [-0.15, -0.1) is 0 Å². The monoisotopic (exact) mass is 447 g/mol. The first-order valence-corrected chi connectivity index (χ1v) is 11.0. The highest BCUT2D eigenvalue weighted by Crippen LogP contribution is 2.37. The van der Waals surface area contributed by atoms with Gasteiger partial charge >= 0.3 is 6.16 Å². The van der Waals surface area contributed by atoms with Gasteiger partial charge in [0.1, 0.15) is 18.5 Å². The molecule has 1 amide bonds. The standard InChI is InChI=1S/C24H28F2N2O4/c1-15-5-6-18(12-20(15)26)23(17-3-2-4-19(25)11-17)32-24(30)31-21-13-28(14-22(27)29)9-7-16(21)8-10-28/h2-6,11-12,15-16,20-21,23H,7-10,13-14H2,1H3,(H-,27,29)/p+1/t15?,16?,20?,21-,23?,28?/m0/s1. The summed E-state index contributed by atoms with van der Waals surface area (Å²) in [6, 6.07) is 5.69. The van der Waals surface area contributed by atoms with Gasteiger partial charge in [0, 0.05) is 30.2 Å². The molecule has 3 unspecified atom stereocenters. The Balaban J connectivity index is 1.50. The minimum absolute atomic E-state index is 0.202. The van der Waals surface area contributed by atoms with Crippen LogP contribution in [-0.4, -0.2) is 55.0 Å². The summed E-state index contributed by atoms with van der Waals surface area (Å²) in [5.41, 5.74) is 6.26. The lowest BCUT2D eigenvalue weighted by molar-refractivity contribution is -0.939. The van der Waals surface area contributed by atoms with E-state index in [1.54, 1.807) is 25.1 Å². The molecule has 1 aliphatic carbocycles. The molecule has 2 bridgehead atoms. The number of benzene rings is 1. The Morgan fingerprint density at radius 1 is 1.28 bits per heavy atom. The van der Waals surface area contributed by atoms with Crippen molar-refractivity contribution in [3.63, 3.8) is 0 Å². The Morgan fingerprint density at radius 2 is 2.03 bits per heavy atom. The van der Waals surface area contributed by atoms with Crippen LogP contribution in [0.1, 0.15) is 31.4 Å². The smallest absolute Gasteiger partial charge is 0.425 e. The van der Waals surface area contributed by atoms with E-state index in [4.69, 9.17) is 15.2 Å². The van der Waals surface area contributed by atoms with E-state index in [0.29, 0.717) is 22.2 Å². The van der Waals surface area contributed by atoms with Crippen LogP contribution in [0, 0.1) is 17.7 Å². The molecule has 172 valence electrons. The van der Waals surface area contributed by atoms with Gasteiger partial charge in [-0.3, -0.25) is 4.79 Å². The van der Waals surface area contributed by atoms with Crippen LogP contribution in [0.3, 0.4) is 0 Å². The summed E-state index contributed by atoms with van der Waals surface area (Å²) in [5, 5.41) is 0. The molecule has 0 saturated carbocycles. The third kappa shape index (κ3) is 4.85. The van der Waals surface area contributed by atoms with Gasteiger partial charge < -0.3 is 19.7 Å². The molecule has 8 heteroatoms. The predicted octanol–water partition coefficient (Wildman–Crippen LogP) is 3.58. The van der Waals surface area contributed by atoms with E-state index >= 15 is 0 Å². The molecule has 4 atom stereocenters. The molecule has 4 aliphatic rings. The van der Waals surface area contributed by atoms with Crippen LogP contribution in [-0.2, 0) is 14.3 Å². The number of amides is 1. The van der Waals surface area contributed by atoms with Crippen molar-refractivity contribution in [3.05, 3.63) is 59.4 Å². The lowest BCUT2D eigenvalue weighted by Gasteiger charge is -2.51. The fourth-order valence-electron chi connectivity index (χ4n) is 5.09. The zero-order valence-corrected chi connectivity index (χ0v) is 18.1. The number of nitrogens with zero attached hydrogens (tertiary/aromatic N) is 1. The number of rotatable bonds is 6. The van der Waals surface area contributed by atoms with Crippen LogP contribution in [0.15, 0.2) is 48.1 Å². The van der Waals surface area contributed by atoms with Crippen LogP contribution >= 0.6 is 0 Å². The highest BCUT2D eigenvalue weighted by molar-refractivity contribution is 5.75. The second-order valence-electron chi connectivity index (χ2n) is 9.22. The maximum atomic E-state index is 14.3. The topological polar surface area (TPSA) is 78.6 Å². The molecule has 3 fully saturated rings. The highest BCUT2D eigenvalue weighted by atomic mass is 19.1. The molecule has 5 rings (SSSR count). The lowest BCUT2D eigenvalue weighted by atomic mass is 9.83. The van der Waals surface area contributed by atoms with Gasteiger partial charge in [0.2, 0.25) is 0 Å². The van der Waals surface area contributed by atoms with Crippen molar-refractivity contribution in [1.82, 2.24) is 0 Å². The minimum Gasteiger partial charge on any atom is -0.425 e. The van der Waals surface area contributed by atoms with Crippen molar-refractivity contribution in [2.45, 2.75) is 38.1 Å². The average molecular weight is 448 g/mol.